The summed E-state index contributed by atoms with van der Waals surface area (Å²) in [6.45, 7) is 0. The van der Waals surface area contributed by atoms with Crippen LogP contribution >= 0.6 is 23.2 Å². The van der Waals surface area contributed by atoms with Crippen LogP contribution in [-0.4, -0.2) is 8.42 Å². The van der Waals surface area contributed by atoms with Crippen molar-refractivity contribution in [3.8, 4) is 0 Å². The predicted molar refractivity (Wildman–Crippen MR) is 47.8 cm³/mol. The molecule has 72 valence electrons. The molecule has 0 aliphatic heterocycles. The number of halogens is 3. The molecule has 0 spiro atoms. The van der Waals surface area contributed by atoms with Crippen molar-refractivity contribution in [2.45, 2.75) is 4.90 Å². The summed E-state index contributed by atoms with van der Waals surface area (Å²) in [5, 5.41) is 3.98. The van der Waals surface area contributed by atoms with E-state index in [0.29, 0.717) is 0 Å². The van der Waals surface area contributed by atoms with Gasteiger partial charge < -0.3 is 0 Å². The number of sulfonamides is 1. The first-order chi connectivity index (χ1) is 5.84. The van der Waals surface area contributed by atoms with Gasteiger partial charge >= 0.3 is 0 Å². The first kappa shape index (κ1) is 10.7. The minimum Gasteiger partial charge on any atom is -0.225 e. The fourth-order valence-corrected chi connectivity index (χ4v) is 2.47. The Balaban J connectivity index is 3.62. The average Bonchev–Trinajstić information content (AvgIpc) is 1.95. The maximum atomic E-state index is 12.8. The summed E-state index contributed by atoms with van der Waals surface area (Å²) < 4.78 is 34.5. The van der Waals surface area contributed by atoms with E-state index in [0.717, 1.165) is 12.1 Å². The summed E-state index contributed by atoms with van der Waals surface area (Å²) in [7, 11) is -4.09. The quantitative estimate of drug-likeness (QED) is 0.765. The zero-order valence-corrected chi connectivity index (χ0v) is 8.42. The Hall–Kier alpha value is -0.360. The van der Waals surface area contributed by atoms with E-state index in [1.807, 2.05) is 0 Å². The van der Waals surface area contributed by atoms with Crippen LogP contribution < -0.4 is 5.14 Å². The lowest BCUT2D eigenvalue weighted by Crippen LogP contribution is -2.13. The first-order valence-corrected chi connectivity index (χ1v) is 5.30. The van der Waals surface area contributed by atoms with Crippen molar-refractivity contribution in [2.75, 3.05) is 0 Å². The summed E-state index contributed by atoms with van der Waals surface area (Å²) >= 11 is 10.8. The Kier molecular flexibility index (Phi) is 2.82. The molecule has 7 heteroatoms. The summed E-state index contributed by atoms with van der Waals surface area (Å²) in [6, 6.07) is 2.03. The molecule has 0 heterocycles. The fraction of sp³-hybridized carbons (Fsp3) is 0. The van der Waals surface area contributed by atoms with Gasteiger partial charge in [-0.3, -0.25) is 0 Å². The third-order valence-corrected chi connectivity index (χ3v) is 3.19. The molecular weight excluding hydrogens is 240 g/mol. The molecule has 0 unspecified atom stereocenters. The maximum absolute atomic E-state index is 12.8. The van der Waals surface area contributed by atoms with Crippen LogP contribution in [0.2, 0.25) is 10.0 Å². The molecule has 0 atom stereocenters. The second-order valence-electron chi connectivity index (χ2n) is 2.22. The van der Waals surface area contributed by atoms with E-state index < -0.39 is 25.8 Å². The van der Waals surface area contributed by atoms with Crippen LogP contribution in [0.1, 0.15) is 0 Å². The summed E-state index contributed by atoms with van der Waals surface area (Å²) in [5.41, 5.74) is 0. The highest BCUT2D eigenvalue weighted by Crippen LogP contribution is 2.30. The molecule has 1 aromatic rings. The average molecular weight is 244 g/mol. The van der Waals surface area contributed by atoms with Crippen LogP contribution in [0.25, 0.3) is 0 Å². The van der Waals surface area contributed by atoms with Crippen LogP contribution in [-0.2, 0) is 10.0 Å². The third kappa shape index (κ3) is 2.11. The minimum atomic E-state index is -4.09. The van der Waals surface area contributed by atoms with Crippen LogP contribution in [0.15, 0.2) is 17.0 Å². The van der Waals surface area contributed by atoms with E-state index in [9.17, 15) is 12.8 Å². The van der Waals surface area contributed by atoms with Crippen molar-refractivity contribution < 1.29 is 12.8 Å². The van der Waals surface area contributed by atoms with E-state index in [4.69, 9.17) is 28.3 Å². The number of benzene rings is 1. The zero-order chi connectivity index (χ0) is 10.2. The minimum absolute atomic E-state index is 0.200. The molecule has 0 saturated carbocycles. The molecule has 0 amide bonds. The predicted octanol–water partition coefficient (Wildman–Crippen LogP) is 1.78. The zero-order valence-electron chi connectivity index (χ0n) is 6.09. The van der Waals surface area contributed by atoms with E-state index in [2.05, 4.69) is 0 Å². The van der Waals surface area contributed by atoms with Gasteiger partial charge in [-0.2, -0.15) is 0 Å². The molecule has 0 aliphatic rings. The second kappa shape index (κ2) is 3.42. The molecule has 0 saturated heterocycles. The first-order valence-electron chi connectivity index (χ1n) is 3.00. The molecule has 2 N–H and O–H groups in total. The van der Waals surface area contributed by atoms with Gasteiger partial charge in [0.25, 0.3) is 0 Å². The topological polar surface area (TPSA) is 60.2 Å². The highest BCUT2D eigenvalue weighted by atomic mass is 35.5. The molecule has 0 aromatic heterocycles. The monoisotopic (exact) mass is 243 g/mol. The van der Waals surface area contributed by atoms with E-state index in [-0.39, 0.29) is 5.02 Å². The van der Waals surface area contributed by atoms with Gasteiger partial charge in [0.1, 0.15) is 10.7 Å². The lowest BCUT2D eigenvalue weighted by atomic mass is 10.3. The molecular formula is C6H4Cl2FNO2S. The summed E-state index contributed by atoms with van der Waals surface area (Å²) in [5.74, 6) is -0.880. The Morgan fingerprint density at radius 2 is 1.85 bits per heavy atom. The molecule has 0 bridgehead atoms. The Labute approximate surface area is 84.3 Å². The van der Waals surface area contributed by atoms with Crippen molar-refractivity contribution in [2.24, 2.45) is 5.14 Å². The van der Waals surface area contributed by atoms with Gasteiger partial charge in [0.05, 0.1) is 10.0 Å². The van der Waals surface area contributed by atoms with Gasteiger partial charge in [-0.25, -0.2) is 17.9 Å². The number of hydrogen-bond donors (Lipinski definition) is 1. The fourth-order valence-electron chi connectivity index (χ4n) is 0.769. The number of rotatable bonds is 1. The molecule has 1 aromatic carbocycles. The van der Waals surface area contributed by atoms with Crippen molar-refractivity contribution in [1.82, 2.24) is 0 Å². The van der Waals surface area contributed by atoms with Crippen LogP contribution in [0.5, 0.6) is 0 Å². The van der Waals surface area contributed by atoms with Crippen LogP contribution in [0.3, 0.4) is 0 Å². The third-order valence-electron chi connectivity index (χ3n) is 1.29. The van der Waals surface area contributed by atoms with Crippen LogP contribution in [0, 0.1) is 5.82 Å². The molecule has 3 nitrogen and oxygen atoms in total. The number of primary sulfonamides is 1. The van der Waals surface area contributed by atoms with Gasteiger partial charge in [0, 0.05) is 0 Å². The maximum Gasteiger partial charge on any atom is 0.241 e. The largest absolute Gasteiger partial charge is 0.241 e. The molecule has 0 fully saturated rings. The standard InChI is InChI=1S/C6H4Cl2FNO2S/c7-3-1-2-4(9)5(8)6(3)13(10,11)12/h1-2H,(H2,10,11,12). The van der Waals surface area contributed by atoms with Gasteiger partial charge in [-0.05, 0) is 12.1 Å². The van der Waals surface area contributed by atoms with Gasteiger partial charge in [-0.1, -0.05) is 23.2 Å². The normalized spacial score (nSPS) is 11.7. The molecule has 0 radical (unpaired) electrons. The number of hydrogen-bond acceptors (Lipinski definition) is 2. The van der Waals surface area contributed by atoms with E-state index in [1.165, 1.54) is 0 Å². The number of nitrogens with two attached hydrogens (primary N) is 1. The Morgan fingerprint density at radius 3 is 2.23 bits per heavy atom. The van der Waals surface area contributed by atoms with E-state index >= 15 is 0 Å². The van der Waals surface area contributed by atoms with Crippen LogP contribution in [0.4, 0.5) is 4.39 Å². The smallest absolute Gasteiger partial charge is 0.225 e. The van der Waals surface area contributed by atoms with Crippen molar-refractivity contribution in [3.05, 3.63) is 28.0 Å². The second-order valence-corrected chi connectivity index (χ2v) is 4.50. The SMILES string of the molecule is NS(=O)(=O)c1c(Cl)ccc(F)c1Cl. The van der Waals surface area contributed by atoms with Crippen molar-refractivity contribution in [3.63, 3.8) is 0 Å². The van der Waals surface area contributed by atoms with Gasteiger partial charge in [-0.15, -0.1) is 0 Å². The van der Waals surface area contributed by atoms with Gasteiger partial charge in [0.2, 0.25) is 10.0 Å². The van der Waals surface area contributed by atoms with Crippen molar-refractivity contribution in [1.29, 1.82) is 0 Å². The molecule has 1 rings (SSSR count). The van der Waals surface area contributed by atoms with Gasteiger partial charge in [0.15, 0.2) is 0 Å². The highest BCUT2D eigenvalue weighted by molar-refractivity contribution is 7.89. The lowest BCUT2D eigenvalue weighted by molar-refractivity contribution is 0.592. The Morgan fingerprint density at radius 1 is 1.31 bits per heavy atom. The highest BCUT2D eigenvalue weighted by Gasteiger charge is 2.20. The molecule has 0 aliphatic carbocycles. The summed E-state index contributed by atoms with van der Waals surface area (Å²) in [6.07, 6.45) is 0. The van der Waals surface area contributed by atoms with E-state index in [1.54, 1.807) is 0 Å². The lowest BCUT2D eigenvalue weighted by Gasteiger charge is -2.04. The summed E-state index contributed by atoms with van der Waals surface area (Å²) in [4.78, 5) is -0.587. The van der Waals surface area contributed by atoms with Crippen molar-refractivity contribution >= 4 is 33.2 Å². The molecule has 13 heavy (non-hydrogen) atoms. The Bertz CT molecular complexity index is 446.